The zero-order valence-electron chi connectivity index (χ0n) is 30.1. The highest BCUT2D eigenvalue weighted by molar-refractivity contribution is 7.31. The van der Waals surface area contributed by atoms with Crippen LogP contribution in [0, 0.1) is 12.3 Å². The van der Waals surface area contributed by atoms with Gasteiger partial charge in [0.15, 0.2) is 0 Å². The first-order valence-corrected chi connectivity index (χ1v) is 16.4. The summed E-state index contributed by atoms with van der Waals surface area (Å²) >= 11 is 0. The Bertz CT molecular complexity index is 1310. The molecule has 2 N–H and O–H groups in total. The van der Waals surface area contributed by atoms with Crippen molar-refractivity contribution in [1.82, 2.24) is 4.90 Å². The number of carbonyl (C=O) groups excluding carboxylic acids is 1. The monoisotopic (exact) mass is 667 g/mol. The SMILES string of the molecule is C=CN=C(Nc1cccc(N(C)CCOCCOC)c1)/C(C(C)=N)=C(\P)c1ccc(C)c(OC)c1.CCCC.CN(C)C/C=C/C=O. The first-order valence-electron chi connectivity index (χ1n) is 15.8. The highest BCUT2D eigenvalue weighted by Crippen LogP contribution is 2.32. The zero-order chi connectivity index (χ0) is 35.6. The van der Waals surface area contributed by atoms with Crippen molar-refractivity contribution in [3.8, 4) is 5.75 Å². The molecule has 0 radical (unpaired) electrons. The average Bonchev–Trinajstić information content (AvgIpc) is 3.05. The second-order valence-corrected chi connectivity index (χ2v) is 11.4. The van der Waals surface area contributed by atoms with Crippen LogP contribution in [0.15, 0.2) is 78.0 Å². The molecule has 1 atom stereocenters. The van der Waals surface area contributed by atoms with Crippen molar-refractivity contribution < 1.29 is 19.0 Å². The molecular weight excluding hydrogens is 609 g/mol. The normalized spacial score (nSPS) is 11.5. The topological polar surface area (TPSA) is 99.5 Å². The van der Waals surface area contributed by atoms with Crippen molar-refractivity contribution in [2.24, 2.45) is 4.99 Å². The summed E-state index contributed by atoms with van der Waals surface area (Å²) in [4.78, 5) is 18.3. The van der Waals surface area contributed by atoms with Crippen LogP contribution in [0.5, 0.6) is 5.75 Å². The summed E-state index contributed by atoms with van der Waals surface area (Å²) < 4.78 is 16.1. The first kappa shape index (κ1) is 43.4. The van der Waals surface area contributed by atoms with Gasteiger partial charge in [-0.25, -0.2) is 4.99 Å². The fourth-order valence-electron chi connectivity index (χ4n) is 3.75. The summed E-state index contributed by atoms with van der Waals surface area (Å²) in [7, 11) is 12.0. The number of carbonyl (C=O) groups is 1. The number of allylic oxidation sites excluding steroid dienone is 1. The van der Waals surface area contributed by atoms with E-state index in [4.69, 9.17) is 19.6 Å². The number of hydrogen-bond acceptors (Lipinski definition) is 8. The molecule has 2 aromatic carbocycles. The standard InChI is InChI=1S/C27H37N4O3P.C6H11NO.C4H10/c1-7-29-27(25(20(3)28)26(35)21-12-11-19(2)24(17-21)33-6)30-22-9-8-10-23(18-22)31(4)13-14-34-16-15-32-5;1-7(2)5-3-4-6-8;1-3-4-2/h7-12,17-18,28H,1,13-16,35H2,2-6H3,(H,29,30);3-4,6H,5H2,1-2H3;3-4H2,1-2H3/b26-25-,28-20?;4-3+;. The number of hydrogen-bond donors (Lipinski definition) is 2. The van der Waals surface area contributed by atoms with Gasteiger partial charge in [-0.2, -0.15) is 0 Å². The smallest absolute Gasteiger partial charge is 0.142 e. The molecule has 0 bridgehead atoms. The third-order valence-electron chi connectivity index (χ3n) is 6.56. The summed E-state index contributed by atoms with van der Waals surface area (Å²) in [6.45, 7) is 15.2. The molecular formula is C37H58N5O4P. The van der Waals surface area contributed by atoms with E-state index in [2.05, 4.69) is 44.9 Å². The van der Waals surface area contributed by atoms with E-state index in [0.717, 1.165) is 52.9 Å². The van der Waals surface area contributed by atoms with Crippen molar-refractivity contribution in [3.63, 3.8) is 0 Å². The zero-order valence-corrected chi connectivity index (χ0v) is 31.2. The quantitative estimate of drug-likeness (QED) is 0.0450. The Hall–Kier alpha value is -3.62. The minimum atomic E-state index is 0.379. The van der Waals surface area contributed by atoms with Crippen LogP contribution in [0.4, 0.5) is 11.4 Å². The van der Waals surface area contributed by atoms with E-state index in [1.54, 1.807) is 21.1 Å². The fraction of sp³-hybridized carbons (Fsp3) is 0.432. The van der Waals surface area contributed by atoms with Crippen molar-refractivity contribution in [2.45, 2.75) is 40.5 Å². The number of nitrogens with zero attached hydrogens (tertiary/aromatic N) is 3. The molecule has 0 aliphatic carbocycles. The third kappa shape index (κ3) is 18.3. The van der Waals surface area contributed by atoms with E-state index in [9.17, 15) is 4.79 Å². The van der Waals surface area contributed by atoms with Crippen molar-refractivity contribution >= 4 is 43.8 Å². The van der Waals surface area contributed by atoms with Gasteiger partial charge in [-0.05, 0) is 74.7 Å². The van der Waals surface area contributed by atoms with Crippen LogP contribution in [0.3, 0.4) is 0 Å². The van der Waals surface area contributed by atoms with Gasteiger partial charge in [-0.1, -0.05) is 57.5 Å². The van der Waals surface area contributed by atoms with Gasteiger partial charge in [-0.15, -0.1) is 9.24 Å². The maximum atomic E-state index is 9.68. The van der Waals surface area contributed by atoms with Crippen LogP contribution in [-0.4, -0.2) is 91.0 Å². The maximum absolute atomic E-state index is 9.68. The average molecular weight is 668 g/mol. The minimum absolute atomic E-state index is 0.379. The summed E-state index contributed by atoms with van der Waals surface area (Å²) in [5.74, 6) is 1.33. The largest absolute Gasteiger partial charge is 0.496 e. The van der Waals surface area contributed by atoms with Gasteiger partial charge in [0.2, 0.25) is 0 Å². The number of unbranched alkanes of at least 4 members (excludes halogenated alkanes) is 1. The lowest BCUT2D eigenvalue weighted by molar-refractivity contribution is -0.104. The Labute approximate surface area is 286 Å². The molecule has 0 aliphatic rings. The van der Waals surface area contributed by atoms with Crippen molar-refractivity contribution in [3.05, 3.63) is 84.1 Å². The number of aryl methyl sites for hydroxylation is 1. The van der Waals surface area contributed by atoms with Crippen LogP contribution in [0.1, 0.15) is 44.7 Å². The number of anilines is 2. The van der Waals surface area contributed by atoms with E-state index < -0.39 is 0 Å². The summed E-state index contributed by atoms with van der Waals surface area (Å²) in [5.41, 5.74) is 4.92. The van der Waals surface area contributed by atoms with Gasteiger partial charge in [0, 0.05) is 56.1 Å². The highest BCUT2D eigenvalue weighted by atomic mass is 31.0. The number of amidine groups is 1. The minimum Gasteiger partial charge on any atom is -0.496 e. The molecule has 0 heterocycles. The Morgan fingerprint density at radius 3 is 2.32 bits per heavy atom. The number of methoxy groups -OCH3 is 2. The predicted octanol–water partition coefficient (Wildman–Crippen LogP) is 7.49. The Kier molecular flexibility index (Phi) is 24.4. The van der Waals surface area contributed by atoms with Gasteiger partial charge in [-0.3, -0.25) is 4.79 Å². The number of likely N-dealkylation sites (N-methyl/N-ethyl adjacent to an activating group) is 2. The lowest BCUT2D eigenvalue weighted by atomic mass is 10.0. The molecule has 0 saturated carbocycles. The fourth-order valence-corrected chi connectivity index (χ4v) is 4.28. The number of aldehydes is 1. The second-order valence-electron chi connectivity index (χ2n) is 10.8. The number of rotatable bonds is 17. The van der Waals surface area contributed by atoms with Crippen LogP contribution in [-0.2, 0) is 14.3 Å². The molecule has 47 heavy (non-hydrogen) atoms. The molecule has 0 fully saturated rings. The van der Waals surface area contributed by atoms with Gasteiger partial charge in [0.05, 0.1) is 26.9 Å². The van der Waals surface area contributed by atoms with Crippen LogP contribution >= 0.6 is 9.24 Å². The molecule has 2 rings (SSSR count). The molecule has 0 amide bonds. The van der Waals surface area contributed by atoms with Crippen LogP contribution < -0.4 is 15.0 Å². The summed E-state index contributed by atoms with van der Waals surface area (Å²) in [6, 6.07) is 14.0. The van der Waals surface area contributed by atoms with Crippen molar-refractivity contribution in [1.29, 1.82) is 5.41 Å². The van der Waals surface area contributed by atoms with E-state index in [1.807, 2.05) is 81.5 Å². The van der Waals surface area contributed by atoms with E-state index >= 15 is 0 Å². The molecule has 10 heteroatoms. The number of ether oxygens (including phenoxy) is 3. The number of benzene rings is 2. The van der Waals surface area contributed by atoms with E-state index in [-0.39, 0.29) is 0 Å². The maximum Gasteiger partial charge on any atom is 0.142 e. The number of aliphatic imine (C=N–C) groups is 1. The predicted molar refractivity (Wildman–Crippen MR) is 206 cm³/mol. The Morgan fingerprint density at radius 1 is 1.06 bits per heavy atom. The number of nitrogens with one attached hydrogen (secondary N) is 2. The van der Waals surface area contributed by atoms with E-state index in [1.165, 1.54) is 25.1 Å². The second kappa shape index (κ2) is 26.4. The lowest BCUT2D eigenvalue weighted by Gasteiger charge is -2.21. The van der Waals surface area contributed by atoms with Gasteiger partial charge in [0.25, 0.3) is 0 Å². The Morgan fingerprint density at radius 2 is 1.77 bits per heavy atom. The summed E-state index contributed by atoms with van der Waals surface area (Å²) in [6.07, 6.45) is 8.21. The summed E-state index contributed by atoms with van der Waals surface area (Å²) in [5, 5.41) is 12.7. The van der Waals surface area contributed by atoms with Gasteiger partial charge in [0.1, 0.15) is 17.9 Å². The first-order chi connectivity index (χ1) is 22.5. The molecule has 0 aromatic heterocycles. The Balaban J connectivity index is 0.00000149. The molecule has 1 unspecified atom stereocenters. The highest BCUT2D eigenvalue weighted by Gasteiger charge is 2.16. The molecule has 2 aromatic rings. The molecule has 9 nitrogen and oxygen atoms in total. The molecule has 0 aliphatic heterocycles. The van der Waals surface area contributed by atoms with Gasteiger partial charge < -0.3 is 34.7 Å². The lowest BCUT2D eigenvalue weighted by Crippen LogP contribution is -2.24. The third-order valence-corrected chi connectivity index (χ3v) is 7.18. The molecule has 0 spiro atoms. The van der Waals surface area contributed by atoms with E-state index in [0.29, 0.717) is 36.9 Å². The van der Waals surface area contributed by atoms with Gasteiger partial charge >= 0.3 is 0 Å². The van der Waals surface area contributed by atoms with Crippen LogP contribution in [0.2, 0.25) is 0 Å². The molecule has 260 valence electrons. The van der Waals surface area contributed by atoms with Crippen molar-refractivity contribution in [2.75, 3.05) is 78.5 Å². The van der Waals surface area contributed by atoms with Crippen LogP contribution in [0.25, 0.3) is 5.31 Å². The molecule has 0 saturated heterocycles.